The Bertz CT molecular complexity index is 998. The van der Waals surface area contributed by atoms with Crippen LogP contribution in [0.4, 0.5) is 5.00 Å². The van der Waals surface area contributed by atoms with E-state index in [1.54, 1.807) is 22.7 Å². The van der Waals surface area contributed by atoms with Crippen LogP contribution in [0, 0.1) is 17.2 Å². The van der Waals surface area contributed by atoms with Crippen LogP contribution >= 0.6 is 34.4 Å². The van der Waals surface area contributed by atoms with Gasteiger partial charge in [-0.05, 0) is 42.9 Å². The van der Waals surface area contributed by atoms with Gasteiger partial charge in [-0.15, -0.1) is 22.7 Å². The van der Waals surface area contributed by atoms with Crippen LogP contribution in [0.3, 0.4) is 0 Å². The number of aromatic nitrogens is 1. The summed E-state index contributed by atoms with van der Waals surface area (Å²) < 4.78 is 2.02. The molecule has 138 valence electrons. The van der Waals surface area contributed by atoms with Crippen molar-refractivity contribution in [2.75, 3.05) is 11.1 Å². The second-order valence-corrected chi connectivity index (χ2v) is 9.98. The van der Waals surface area contributed by atoms with Gasteiger partial charge in [0.1, 0.15) is 11.1 Å². The second-order valence-electron chi connectivity index (χ2n) is 6.62. The second kappa shape index (κ2) is 8.01. The first-order chi connectivity index (χ1) is 13.2. The number of carbonyl (C=O) groups is 1. The van der Waals surface area contributed by atoms with Crippen molar-refractivity contribution < 1.29 is 4.79 Å². The molecule has 0 radical (unpaired) electrons. The predicted molar refractivity (Wildman–Crippen MR) is 114 cm³/mol. The Morgan fingerprint density at radius 1 is 1.41 bits per heavy atom. The highest BCUT2D eigenvalue weighted by Gasteiger charge is 2.25. The normalized spacial score (nSPS) is 16.1. The molecule has 1 aromatic carbocycles. The minimum absolute atomic E-state index is 0.0820. The van der Waals surface area contributed by atoms with Crippen molar-refractivity contribution in [3.05, 3.63) is 40.3 Å². The Labute approximate surface area is 170 Å². The minimum atomic E-state index is -0.0820. The number of nitriles is 1. The molecule has 1 aliphatic rings. The summed E-state index contributed by atoms with van der Waals surface area (Å²) in [6, 6.07) is 10.3. The molecular weight excluding hydrogens is 394 g/mol. The summed E-state index contributed by atoms with van der Waals surface area (Å²) in [5.41, 5.74) is 2.79. The lowest BCUT2D eigenvalue weighted by Gasteiger charge is -2.20. The number of benzene rings is 1. The molecule has 1 atom stereocenters. The summed E-state index contributed by atoms with van der Waals surface area (Å²) in [6.45, 7) is 2.22. The number of rotatable bonds is 5. The molecule has 4 rings (SSSR count). The highest BCUT2D eigenvalue weighted by atomic mass is 32.2. The minimum Gasteiger partial charge on any atom is -0.316 e. The quantitative estimate of drug-likeness (QED) is 0.563. The maximum Gasteiger partial charge on any atom is 0.235 e. The molecule has 4 nitrogen and oxygen atoms in total. The molecule has 7 heteroatoms. The number of amides is 1. The number of para-hydroxylation sites is 1. The van der Waals surface area contributed by atoms with E-state index in [1.165, 1.54) is 23.1 Å². The summed E-state index contributed by atoms with van der Waals surface area (Å²) in [6.07, 6.45) is 4.28. The van der Waals surface area contributed by atoms with E-state index in [0.29, 0.717) is 22.2 Å². The fourth-order valence-electron chi connectivity index (χ4n) is 3.41. The number of nitrogens with one attached hydrogen (secondary N) is 1. The smallest absolute Gasteiger partial charge is 0.235 e. The molecule has 0 saturated carbocycles. The molecule has 0 spiro atoms. The number of nitrogens with zero attached hydrogens (tertiary/aromatic N) is 2. The number of hydrogen-bond donors (Lipinski definition) is 1. The Kier molecular flexibility index (Phi) is 5.48. The van der Waals surface area contributed by atoms with E-state index in [4.69, 9.17) is 0 Å². The van der Waals surface area contributed by atoms with Crippen molar-refractivity contribution in [1.82, 2.24) is 4.98 Å². The molecule has 1 N–H and O–H groups in total. The molecule has 0 unspecified atom stereocenters. The van der Waals surface area contributed by atoms with Gasteiger partial charge in [0.25, 0.3) is 0 Å². The standard InChI is InChI=1S/C20H19N3OS3/c1-2-12-7-8-13-14(10-21)19(26-17(13)9-12)23-18(24)11-25-20-22-15-5-3-4-6-16(15)27-20/h3-6,12H,2,7-9,11H2,1H3,(H,23,24)/t12-/m0/s1. The number of thiophene rings is 1. The maximum atomic E-state index is 12.4. The first kappa shape index (κ1) is 18.5. The van der Waals surface area contributed by atoms with Crippen molar-refractivity contribution >= 4 is 55.6 Å². The number of anilines is 1. The number of thioether (sulfide) groups is 1. The van der Waals surface area contributed by atoms with E-state index in [0.717, 1.165) is 39.4 Å². The Balaban J connectivity index is 1.43. The molecule has 0 saturated heterocycles. The SMILES string of the molecule is CC[C@H]1CCc2c(sc(NC(=O)CSc3nc4ccccc4s3)c2C#N)C1. The van der Waals surface area contributed by atoms with Gasteiger partial charge in [-0.25, -0.2) is 4.98 Å². The van der Waals surface area contributed by atoms with Gasteiger partial charge >= 0.3 is 0 Å². The summed E-state index contributed by atoms with van der Waals surface area (Å²) in [4.78, 5) is 18.3. The average molecular weight is 414 g/mol. The average Bonchev–Trinajstić information content (AvgIpc) is 3.25. The van der Waals surface area contributed by atoms with Crippen LogP contribution in [-0.4, -0.2) is 16.6 Å². The van der Waals surface area contributed by atoms with Crippen molar-refractivity contribution in [2.45, 2.75) is 36.9 Å². The monoisotopic (exact) mass is 413 g/mol. The summed E-state index contributed by atoms with van der Waals surface area (Å²) >= 11 is 4.63. The zero-order valence-corrected chi connectivity index (χ0v) is 17.4. The molecule has 1 aliphatic carbocycles. The zero-order valence-electron chi connectivity index (χ0n) is 14.9. The van der Waals surface area contributed by atoms with E-state index >= 15 is 0 Å². The van der Waals surface area contributed by atoms with Gasteiger partial charge in [-0.3, -0.25) is 4.79 Å². The molecule has 2 heterocycles. The lowest BCUT2D eigenvalue weighted by Crippen LogP contribution is -2.14. The summed E-state index contributed by atoms with van der Waals surface area (Å²) in [5, 5.41) is 13.3. The Morgan fingerprint density at radius 2 is 2.26 bits per heavy atom. The largest absolute Gasteiger partial charge is 0.316 e. The van der Waals surface area contributed by atoms with Crippen LogP contribution in [0.1, 0.15) is 35.8 Å². The molecule has 3 aromatic rings. The van der Waals surface area contributed by atoms with Gasteiger partial charge in [0.15, 0.2) is 4.34 Å². The molecule has 1 amide bonds. The van der Waals surface area contributed by atoms with E-state index in [9.17, 15) is 10.1 Å². The van der Waals surface area contributed by atoms with E-state index in [2.05, 4.69) is 23.3 Å². The zero-order chi connectivity index (χ0) is 18.8. The predicted octanol–water partition coefficient (Wildman–Crippen LogP) is 5.48. The first-order valence-corrected chi connectivity index (χ1v) is 11.6. The Morgan fingerprint density at radius 3 is 3.04 bits per heavy atom. The van der Waals surface area contributed by atoms with E-state index < -0.39 is 0 Å². The fourth-order valence-corrected chi connectivity index (χ4v) is 6.61. The number of fused-ring (bicyclic) bond motifs is 2. The van der Waals surface area contributed by atoms with E-state index in [-0.39, 0.29) is 5.91 Å². The summed E-state index contributed by atoms with van der Waals surface area (Å²) in [5.74, 6) is 0.910. The number of thiazole rings is 1. The highest BCUT2D eigenvalue weighted by Crippen LogP contribution is 2.40. The van der Waals surface area contributed by atoms with Gasteiger partial charge in [-0.2, -0.15) is 5.26 Å². The molecule has 0 aliphatic heterocycles. The third-order valence-electron chi connectivity index (χ3n) is 4.91. The third-order valence-corrected chi connectivity index (χ3v) is 8.26. The third kappa shape index (κ3) is 3.88. The van der Waals surface area contributed by atoms with Crippen LogP contribution in [0.5, 0.6) is 0 Å². The van der Waals surface area contributed by atoms with Crippen molar-refractivity contribution in [3.63, 3.8) is 0 Å². The van der Waals surface area contributed by atoms with Gasteiger partial charge in [-0.1, -0.05) is 37.2 Å². The summed E-state index contributed by atoms with van der Waals surface area (Å²) in [7, 11) is 0. The molecule has 0 bridgehead atoms. The maximum absolute atomic E-state index is 12.4. The van der Waals surface area contributed by atoms with E-state index in [1.807, 2.05) is 24.3 Å². The van der Waals surface area contributed by atoms with Crippen LogP contribution in [0.15, 0.2) is 28.6 Å². The van der Waals surface area contributed by atoms with Crippen molar-refractivity contribution in [2.24, 2.45) is 5.92 Å². The van der Waals surface area contributed by atoms with Crippen LogP contribution < -0.4 is 5.32 Å². The van der Waals surface area contributed by atoms with Gasteiger partial charge < -0.3 is 5.32 Å². The molecule has 2 aromatic heterocycles. The van der Waals surface area contributed by atoms with Gasteiger partial charge in [0.2, 0.25) is 5.91 Å². The highest BCUT2D eigenvalue weighted by molar-refractivity contribution is 8.01. The molecule has 27 heavy (non-hydrogen) atoms. The lowest BCUT2D eigenvalue weighted by molar-refractivity contribution is -0.113. The Hall–Kier alpha value is -1.88. The van der Waals surface area contributed by atoms with Gasteiger partial charge in [0, 0.05) is 4.88 Å². The van der Waals surface area contributed by atoms with Crippen molar-refractivity contribution in [3.8, 4) is 6.07 Å². The van der Waals surface area contributed by atoms with Gasteiger partial charge in [0.05, 0.1) is 21.5 Å². The topological polar surface area (TPSA) is 65.8 Å². The number of hydrogen-bond acceptors (Lipinski definition) is 6. The molecule has 0 fully saturated rings. The number of carbonyl (C=O) groups excluding carboxylic acids is 1. The fraction of sp³-hybridized carbons (Fsp3) is 0.350. The molecular formula is C20H19N3OS3. The van der Waals surface area contributed by atoms with Crippen molar-refractivity contribution in [1.29, 1.82) is 5.26 Å². The van der Waals surface area contributed by atoms with Crippen LogP contribution in [0.25, 0.3) is 10.2 Å². The van der Waals surface area contributed by atoms with Crippen LogP contribution in [0.2, 0.25) is 0 Å². The lowest BCUT2D eigenvalue weighted by atomic mass is 9.86. The first-order valence-electron chi connectivity index (χ1n) is 9.00. The van der Waals surface area contributed by atoms with Crippen LogP contribution in [-0.2, 0) is 17.6 Å².